The minimum absolute atomic E-state index is 0.118. The summed E-state index contributed by atoms with van der Waals surface area (Å²) in [7, 11) is -4.60. The van der Waals surface area contributed by atoms with Crippen molar-refractivity contribution in [3.63, 3.8) is 0 Å². The van der Waals surface area contributed by atoms with Gasteiger partial charge in [-0.3, -0.25) is 14.2 Å². The van der Waals surface area contributed by atoms with E-state index >= 15 is 0 Å². The number of benzene rings is 1. The maximum Gasteiger partial charge on any atom is 0.337 e. The summed E-state index contributed by atoms with van der Waals surface area (Å²) in [5.41, 5.74) is 0.663. The maximum atomic E-state index is 12.4. The molecule has 1 N–H and O–H groups in total. The van der Waals surface area contributed by atoms with Crippen LogP contribution < -0.4 is 0 Å². The molecule has 0 aliphatic carbocycles. The number of carbonyl (C=O) groups excluding carboxylic acids is 1. The van der Waals surface area contributed by atoms with E-state index < -0.39 is 22.3 Å². The predicted octanol–water partition coefficient (Wildman–Crippen LogP) is 0.555. The zero-order valence-electron chi connectivity index (χ0n) is 14.2. The number of carbonyl (C=O) groups is 1. The third-order valence-electron chi connectivity index (χ3n) is 3.92. The van der Waals surface area contributed by atoms with Crippen LogP contribution in [0.5, 0.6) is 0 Å². The van der Waals surface area contributed by atoms with Crippen LogP contribution in [-0.2, 0) is 31.1 Å². The number of morpholine rings is 1. The van der Waals surface area contributed by atoms with Crippen LogP contribution >= 0.6 is 0 Å². The second-order valence-electron chi connectivity index (χ2n) is 5.69. The molecular formula is C16H24N2O6S. The third kappa shape index (κ3) is 6.05. The summed E-state index contributed by atoms with van der Waals surface area (Å²) in [4.78, 5) is 14.3. The molecule has 0 spiro atoms. The summed E-state index contributed by atoms with van der Waals surface area (Å²) in [5, 5.41) is 0. The molecule has 1 saturated heterocycles. The summed E-state index contributed by atoms with van der Waals surface area (Å²) in [6.07, 6.45) is 0. The lowest BCUT2D eigenvalue weighted by Crippen LogP contribution is -2.53. The minimum atomic E-state index is -4.60. The Kier molecular flexibility index (Phi) is 7.33. The molecule has 0 amide bonds. The highest BCUT2D eigenvalue weighted by atomic mass is 32.2. The molecule has 8 nitrogen and oxygen atoms in total. The SMILES string of the molecule is CCOC(=O)[C@H](CN1CCOCC1)N(Cc1ccccc1)S(=O)(=O)O. The molecule has 25 heavy (non-hydrogen) atoms. The topological polar surface area (TPSA) is 96.4 Å². The van der Waals surface area contributed by atoms with E-state index in [2.05, 4.69) is 0 Å². The van der Waals surface area contributed by atoms with Crippen molar-refractivity contribution in [2.45, 2.75) is 19.5 Å². The Hall–Kier alpha value is -1.52. The van der Waals surface area contributed by atoms with Gasteiger partial charge in [-0.15, -0.1) is 0 Å². The van der Waals surface area contributed by atoms with E-state index in [0.717, 1.165) is 4.31 Å². The number of nitrogens with zero attached hydrogens (tertiary/aromatic N) is 2. The summed E-state index contributed by atoms with van der Waals surface area (Å²) in [6.45, 7) is 3.99. The van der Waals surface area contributed by atoms with Gasteiger partial charge >= 0.3 is 16.3 Å². The molecule has 2 rings (SSSR count). The largest absolute Gasteiger partial charge is 0.465 e. The van der Waals surface area contributed by atoms with Crippen molar-refractivity contribution >= 4 is 16.3 Å². The Morgan fingerprint density at radius 2 is 1.96 bits per heavy atom. The molecule has 9 heteroatoms. The van der Waals surface area contributed by atoms with E-state index in [4.69, 9.17) is 9.47 Å². The van der Waals surface area contributed by atoms with E-state index in [0.29, 0.717) is 31.9 Å². The second kappa shape index (κ2) is 9.25. The van der Waals surface area contributed by atoms with Crippen molar-refractivity contribution in [3.8, 4) is 0 Å². The fourth-order valence-electron chi connectivity index (χ4n) is 2.67. The monoisotopic (exact) mass is 372 g/mol. The Balaban J connectivity index is 2.25. The molecule has 1 aliphatic rings. The van der Waals surface area contributed by atoms with Gasteiger partial charge < -0.3 is 9.47 Å². The predicted molar refractivity (Wildman–Crippen MR) is 91.2 cm³/mol. The summed E-state index contributed by atoms with van der Waals surface area (Å²) in [6, 6.07) is 7.66. The first-order valence-corrected chi connectivity index (χ1v) is 9.56. The molecule has 1 aromatic carbocycles. The van der Waals surface area contributed by atoms with Gasteiger partial charge in [0.05, 0.1) is 19.8 Å². The van der Waals surface area contributed by atoms with Gasteiger partial charge in [-0.25, -0.2) is 0 Å². The Morgan fingerprint density at radius 1 is 1.32 bits per heavy atom. The van der Waals surface area contributed by atoms with Crippen LogP contribution in [0.25, 0.3) is 0 Å². The summed E-state index contributed by atoms with van der Waals surface area (Å²) < 4.78 is 44.7. The molecule has 0 unspecified atom stereocenters. The molecule has 0 aromatic heterocycles. The summed E-state index contributed by atoms with van der Waals surface area (Å²) >= 11 is 0. The van der Waals surface area contributed by atoms with Crippen LogP contribution in [-0.4, -0.2) is 73.6 Å². The van der Waals surface area contributed by atoms with Crippen LogP contribution in [0.4, 0.5) is 0 Å². The molecule has 0 saturated carbocycles. The van der Waals surface area contributed by atoms with Gasteiger partial charge in [0.25, 0.3) is 0 Å². The van der Waals surface area contributed by atoms with Crippen molar-refractivity contribution in [2.75, 3.05) is 39.5 Å². The standard InChI is InChI=1S/C16H24N2O6S/c1-2-24-16(19)15(13-17-8-10-23-11-9-17)18(25(20,21)22)12-14-6-4-3-5-7-14/h3-7,15H,2,8-13H2,1H3,(H,20,21,22)/t15-/m0/s1. The van der Waals surface area contributed by atoms with Gasteiger partial charge in [-0.2, -0.15) is 12.7 Å². The van der Waals surface area contributed by atoms with Crippen molar-refractivity contribution in [3.05, 3.63) is 35.9 Å². The van der Waals surface area contributed by atoms with Gasteiger partial charge in [0.2, 0.25) is 0 Å². The Morgan fingerprint density at radius 3 is 2.52 bits per heavy atom. The quantitative estimate of drug-likeness (QED) is 0.526. The molecular weight excluding hydrogens is 348 g/mol. The highest BCUT2D eigenvalue weighted by molar-refractivity contribution is 7.83. The molecule has 1 aliphatic heterocycles. The maximum absolute atomic E-state index is 12.4. The molecule has 140 valence electrons. The van der Waals surface area contributed by atoms with Crippen LogP contribution in [0, 0.1) is 0 Å². The normalized spacial score (nSPS) is 17.4. The highest BCUT2D eigenvalue weighted by Gasteiger charge is 2.36. The second-order valence-corrected chi connectivity index (χ2v) is 7.05. The van der Waals surface area contributed by atoms with E-state index in [1.54, 1.807) is 37.3 Å². The lowest BCUT2D eigenvalue weighted by Gasteiger charge is -2.33. The first-order valence-electron chi connectivity index (χ1n) is 8.16. The first kappa shape index (κ1) is 19.8. The van der Waals surface area contributed by atoms with Crippen molar-refractivity contribution in [1.82, 2.24) is 9.21 Å². The van der Waals surface area contributed by atoms with Crippen molar-refractivity contribution in [2.24, 2.45) is 0 Å². The fraction of sp³-hybridized carbons (Fsp3) is 0.562. The van der Waals surface area contributed by atoms with Crippen LogP contribution in [0.3, 0.4) is 0 Å². The average molecular weight is 372 g/mol. The minimum Gasteiger partial charge on any atom is -0.465 e. The Bertz CT molecular complexity index is 646. The van der Waals surface area contributed by atoms with Crippen LogP contribution in [0.2, 0.25) is 0 Å². The van der Waals surface area contributed by atoms with Crippen molar-refractivity contribution < 1.29 is 27.2 Å². The van der Waals surface area contributed by atoms with E-state index in [-0.39, 0.29) is 19.7 Å². The van der Waals surface area contributed by atoms with Gasteiger partial charge in [-0.1, -0.05) is 30.3 Å². The fourth-order valence-corrected chi connectivity index (χ4v) is 3.45. The Labute approximate surface area is 148 Å². The molecule has 1 fully saturated rings. The van der Waals surface area contributed by atoms with Gasteiger partial charge in [-0.05, 0) is 12.5 Å². The van der Waals surface area contributed by atoms with Crippen LogP contribution in [0.1, 0.15) is 12.5 Å². The zero-order valence-corrected chi connectivity index (χ0v) is 15.0. The number of esters is 1. The number of hydrogen-bond donors (Lipinski definition) is 1. The van der Waals surface area contributed by atoms with E-state index in [9.17, 15) is 17.8 Å². The molecule has 1 atom stereocenters. The van der Waals surface area contributed by atoms with Gasteiger partial charge in [0.1, 0.15) is 6.04 Å². The van der Waals surface area contributed by atoms with E-state index in [1.165, 1.54) is 0 Å². The third-order valence-corrected chi connectivity index (χ3v) is 4.90. The van der Waals surface area contributed by atoms with Crippen molar-refractivity contribution in [1.29, 1.82) is 0 Å². The average Bonchev–Trinajstić information content (AvgIpc) is 2.59. The lowest BCUT2D eigenvalue weighted by molar-refractivity contribution is -0.149. The van der Waals surface area contributed by atoms with Crippen LogP contribution in [0.15, 0.2) is 30.3 Å². The molecule has 0 radical (unpaired) electrons. The zero-order chi connectivity index (χ0) is 18.3. The highest BCUT2D eigenvalue weighted by Crippen LogP contribution is 2.16. The van der Waals surface area contributed by atoms with Gasteiger partial charge in [0, 0.05) is 26.2 Å². The molecule has 0 bridgehead atoms. The number of hydrogen-bond acceptors (Lipinski definition) is 6. The summed E-state index contributed by atoms with van der Waals surface area (Å²) in [5.74, 6) is -0.678. The first-order chi connectivity index (χ1) is 11.9. The smallest absolute Gasteiger partial charge is 0.337 e. The lowest BCUT2D eigenvalue weighted by atomic mass is 10.2. The number of rotatable bonds is 8. The number of ether oxygens (including phenoxy) is 2. The molecule has 1 heterocycles. The van der Waals surface area contributed by atoms with E-state index in [1.807, 2.05) is 4.90 Å². The molecule has 1 aromatic rings. The van der Waals surface area contributed by atoms with Gasteiger partial charge in [0.15, 0.2) is 0 Å².